The quantitative estimate of drug-likeness (QED) is 0.782. The molecule has 3 unspecified atom stereocenters. The molecular weight excluding hydrogens is 250 g/mol. The molecule has 0 aliphatic carbocycles. The molecule has 3 heteroatoms. The first-order valence-corrected chi connectivity index (χ1v) is 7.61. The maximum atomic E-state index is 6.10. The van der Waals surface area contributed by atoms with Gasteiger partial charge in [-0.1, -0.05) is 39.8 Å². The SMILES string of the molecule is CC1C2COCCC1N(c1ccc(C(C)(C)C)cc1)O2. The fourth-order valence-corrected chi connectivity index (χ4v) is 3.11. The third-order valence-electron chi connectivity index (χ3n) is 4.57. The molecule has 110 valence electrons. The molecule has 0 N–H and O–H groups in total. The molecule has 2 saturated heterocycles. The first kappa shape index (κ1) is 13.9. The van der Waals surface area contributed by atoms with Crippen LogP contribution < -0.4 is 5.06 Å². The zero-order valence-corrected chi connectivity index (χ0v) is 12.9. The van der Waals surface area contributed by atoms with E-state index in [-0.39, 0.29) is 11.5 Å². The predicted octanol–water partition coefficient (Wildman–Crippen LogP) is 3.53. The molecule has 2 aliphatic rings. The maximum absolute atomic E-state index is 6.10. The van der Waals surface area contributed by atoms with E-state index in [1.807, 2.05) is 0 Å². The Bertz CT molecular complexity index is 463. The van der Waals surface area contributed by atoms with Crippen LogP contribution in [0.5, 0.6) is 0 Å². The minimum Gasteiger partial charge on any atom is -0.379 e. The monoisotopic (exact) mass is 275 g/mol. The van der Waals surface area contributed by atoms with E-state index in [0.717, 1.165) is 13.0 Å². The lowest BCUT2D eigenvalue weighted by atomic mass is 9.87. The minimum atomic E-state index is 0.193. The molecule has 2 heterocycles. The predicted molar refractivity (Wildman–Crippen MR) is 80.9 cm³/mol. The van der Waals surface area contributed by atoms with Gasteiger partial charge in [-0.15, -0.1) is 0 Å². The molecule has 2 bridgehead atoms. The van der Waals surface area contributed by atoms with Crippen LogP contribution in [0.3, 0.4) is 0 Å². The molecule has 3 rings (SSSR count). The zero-order chi connectivity index (χ0) is 14.3. The first-order chi connectivity index (χ1) is 9.47. The van der Waals surface area contributed by atoms with Gasteiger partial charge in [0.2, 0.25) is 0 Å². The van der Waals surface area contributed by atoms with Crippen LogP contribution in [0.15, 0.2) is 24.3 Å². The van der Waals surface area contributed by atoms with Crippen molar-refractivity contribution < 1.29 is 9.57 Å². The smallest absolute Gasteiger partial charge is 0.113 e. The molecule has 0 aromatic heterocycles. The Hall–Kier alpha value is -1.06. The van der Waals surface area contributed by atoms with Crippen molar-refractivity contribution in [1.29, 1.82) is 0 Å². The van der Waals surface area contributed by atoms with Gasteiger partial charge in [-0.05, 0) is 29.5 Å². The Morgan fingerprint density at radius 2 is 1.85 bits per heavy atom. The molecule has 1 aromatic rings. The Morgan fingerprint density at radius 3 is 2.50 bits per heavy atom. The van der Waals surface area contributed by atoms with Gasteiger partial charge in [0.05, 0.1) is 18.3 Å². The highest BCUT2D eigenvalue weighted by Gasteiger charge is 2.42. The van der Waals surface area contributed by atoms with Crippen LogP contribution in [0, 0.1) is 5.92 Å². The maximum Gasteiger partial charge on any atom is 0.113 e. The summed E-state index contributed by atoms with van der Waals surface area (Å²) in [5.74, 6) is 0.528. The lowest BCUT2D eigenvalue weighted by molar-refractivity contribution is -0.0117. The molecule has 3 nitrogen and oxygen atoms in total. The van der Waals surface area contributed by atoms with E-state index in [0.29, 0.717) is 18.6 Å². The van der Waals surface area contributed by atoms with E-state index >= 15 is 0 Å². The van der Waals surface area contributed by atoms with E-state index in [1.54, 1.807) is 0 Å². The van der Waals surface area contributed by atoms with Gasteiger partial charge in [0.15, 0.2) is 0 Å². The van der Waals surface area contributed by atoms with Crippen molar-refractivity contribution in [2.45, 2.75) is 51.7 Å². The van der Waals surface area contributed by atoms with Crippen molar-refractivity contribution in [3.8, 4) is 0 Å². The number of ether oxygens (including phenoxy) is 1. The van der Waals surface area contributed by atoms with Gasteiger partial charge >= 0.3 is 0 Å². The largest absolute Gasteiger partial charge is 0.379 e. The van der Waals surface area contributed by atoms with Gasteiger partial charge in [0, 0.05) is 12.5 Å². The van der Waals surface area contributed by atoms with E-state index in [1.165, 1.54) is 11.3 Å². The van der Waals surface area contributed by atoms with Crippen molar-refractivity contribution >= 4 is 5.69 Å². The van der Waals surface area contributed by atoms with Gasteiger partial charge in [-0.3, -0.25) is 9.90 Å². The molecule has 0 radical (unpaired) electrons. The van der Waals surface area contributed by atoms with E-state index in [9.17, 15) is 0 Å². The van der Waals surface area contributed by atoms with Crippen LogP contribution in [-0.2, 0) is 15.0 Å². The normalized spacial score (nSPS) is 30.4. The summed E-state index contributed by atoms with van der Waals surface area (Å²) in [6.07, 6.45) is 1.24. The van der Waals surface area contributed by atoms with E-state index in [4.69, 9.17) is 9.57 Å². The summed E-state index contributed by atoms with van der Waals surface area (Å²) in [6, 6.07) is 9.24. The second kappa shape index (κ2) is 5.05. The average Bonchev–Trinajstić information content (AvgIpc) is 2.56. The standard InChI is InChI=1S/C17H25NO2/c1-12-15-9-10-19-11-16(12)20-18(15)14-7-5-13(6-8-14)17(2,3)4/h5-8,12,15-16H,9-11H2,1-4H3. The van der Waals surface area contributed by atoms with E-state index < -0.39 is 0 Å². The highest BCUT2D eigenvalue weighted by Crippen LogP contribution is 2.36. The summed E-state index contributed by atoms with van der Waals surface area (Å²) >= 11 is 0. The number of benzene rings is 1. The summed E-state index contributed by atoms with van der Waals surface area (Å²) < 4.78 is 5.60. The molecular formula is C17H25NO2. The summed E-state index contributed by atoms with van der Waals surface area (Å²) in [6.45, 7) is 10.5. The van der Waals surface area contributed by atoms with Gasteiger partial charge < -0.3 is 4.74 Å². The minimum absolute atomic E-state index is 0.193. The van der Waals surface area contributed by atoms with Crippen LogP contribution >= 0.6 is 0 Å². The Morgan fingerprint density at radius 1 is 1.15 bits per heavy atom. The van der Waals surface area contributed by atoms with Gasteiger partial charge in [0.25, 0.3) is 0 Å². The van der Waals surface area contributed by atoms with Crippen LogP contribution in [0.25, 0.3) is 0 Å². The van der Waals surface area contributed by atoms with Crippen LogP contribution in [0.4, 0.5) is 5.69 Å². The molecule has 3 atom stereocenters. The number of fused-ring (bicyclic) bond motifs is 2. The lowest BCUT2D eigenvalue weighted by Crippen LogP contribution is -2.32. The summed E-state index contributed by atoms with van der Waals surface area (Å²) in [7, 11) is 0. The Balaban J connectivity index is 1.83. The summed E-state index contributed by atoms with van der Waals surface area (Å²) in [5.41, 5.74) is 2.72. The van der Waals surface area contributed by atoms with Gasteiger partial charge in [-0.25, -0.2) is 0 Å². The molecule has 2 fully saturated rings. The highest BCUT2D eigenvalue weighted by atomic mass is 16.7. The highest BCUT2D eigenvalue weighted by molar-refractivity contribution is 5.48. The number of hydrogen-bond acceptors (Lipinski definition) is 3. The van der Waals surface area contributed by atoms with Crippen molar-refractivity contribution in [3.63, 3.8) is 0 Å². The molecule has 20 heavy (non-hydrogen) atoms. The van der Waals surface area contributed by atoms with Crippen molar-refractivity contribution in [2.24, 2.45) is 5.92 Å². The van der Waals surface area contributed by atoms with Crippen molar-refractivity contribution in [2.75, 3.05) is 18.3 Å². The topological polar surface area (TPSA) is 21.7 Å². The molecule has 0 amide bonds. The fraction of sp³-hybridized carbons (Fsp3) is 0.647. The zero-order valence-electron chi connectivity index (χ0n) is 12.9. The Kier molecular flexibility index (Phi) is 3.51. The summed E-state index contributed by atoms with van der Waals surface area (Å²) in [5, 5.41) is 2.12. The average molecular weight is 275 g/mol. The summed E-state index contributed by atoms with van der Waals surface area (Å²) in [4.78, 5) is 6.10. The fourth-order valence-electron chi connectivity index (χ4n) is 3.11. The second-order valence-electron chi connectivity index (χ2n) is 7.06. The first-order valence-electron chi connectivity index (χ1n) is 7.61. The van der Waals surface area contributed by atoms with E-state index in [2.05, 4.69) is 57.0 Å². The number of hydrogen-bond donors (Lipinski definition) is 0. The third-order valence-corrected chi connectivity index (χ3v) is 4.57. The lowest BCUT2D eigenvalue weighted by Gasteiger charge is -2.28. The van der Waals surface area contributed by atoms with Gasteiger partial charge in [-0.2, -0.15) is 0 Å². The number of nitrogens with zero attached hydrogens (tertiary/aromatic N) is 1. The van der Waals surface area contributed by atoms with Crippen molar-refractivity contribution in [1.82, 2.24) is 0 Å². The van der Waals surface area contributed by atoms with Crippen LogP contribution in [0.1, 0.15) is 39.7 Å². The molecule has 0 saturated carbocycles. The number of rotatable bonds is 1. The van der Waals surface area contributed by atoms with Crippen LogP contribution in [-0.4, -0.2) is 25.4 Å². The third kappa shape index (κ3) is 2.45. The second-order valence-corrected chi connectivity index (χ2v) is 7.06. The van der Waals surface area contributed by atoms with Crippen LogP contribution in [0.2, 0.25) is 0 Å². The molecule has 2 aliphatic heterocycles. The number of hydroxylamine groups is 1. The molecule has 0 spiro atoms. The molecule has 1 aromatic carbocycles. The van der Waals surface area contributed by atoms with Crippen molar-refractivity contribution in [3.05, 3.63) is 29.8 Å². The van der Waals surface area contributed by atoms with Gasteiger partial charge in [0.1, 0.15) is 6.10 Å². The number of anilines is 1. The Labute approximate surface area is 121 Å².